The van der Waals surface area contributed by atoms with E-state index in [-0.39, 0.29) is 11.6 Å². The summed E-state index contributed by atoms with van der Waals surface area (Å²) in [4.78, 5) is 12.1. The van der Waals surface area contributed by atoms with Gasteiger partial charge in [-0.25, -0.2) is 0 Å². The summed E-state index contributed by atoms with van der Waals surface area (Å²) in [6.45, 7) is 2.19. The first-order valence-electron chi connectivity index (χ1n) is 8.06. The van der Waals surface area contributed by atoms with Gasteiger partial charge in [-0.3, -0.25) is 4.79 Å². The van der Waals surface area contributed by atoms with Gasteiger partial charge in [0.2, 0.25) is 0 Å². The molecule has 3 rings (SSSR count). The number of ether oxygens (including phenoxy) is 1. The minimum Gasteiger partial charge on any atom is -0.454 e. The number of hydrogen-bond donors (Lipinski definition) is 0. The molecular weight excluding hydrogens is 248 g/mol. The molecule has 1 aromatic carbocycles. The molecule has 0 radical (unpaired) electrons. The Labute approximate surface area is 121 Å². The third kappa shape index (κ3) is 2.36. The van der Waals surface area contributed by atoms with Crippen molar-refractivity contribution < 1.29 is 9.53 Å². The van der Waals surface area contributed by atoms with Crippen molar-refractivity contribution in [3.05, 3.63) is 35.4 Å². The van der Waals surface area contributed by atoms with Gasteiger partial charge in [-0.2, -0.15) is 0 Å². The molecule has 1 saturated carbocycles. The molecule has 2 aliphatic rings. The highest BCUT2D eigenvalue weighted by molar-refractivity contribution is 5.70. The molecule has 0 N–H and O–H groups in total. The molecule has 0 heterocycles. The standard InChI is InChI=1S/C18H24O2/c1-2-3-4-5-10-17(19)20-18-12-11-14(13-18)15-8-6-7-9-16(15)18/h6-9,14H,2-5,10-13H2,1H3. The molecule has 2 atom stereocenters. The molecule has 2 unspecified atom stereocenters. The molecule has 2 bridgehead atoms. The van der Waals surface area contributed by atoms with Crippen LogP contribution >= 0.6 is 0 Å². The Morgan fingerprint density at radius 3 is 3.00 bits per heavy atom. The van der Waals surface area contributed by atoms with Crippen LogP contribution in [0.3, 0.4) is 0 Å². The highest BCUT2D eigenvalue weighted by Gasteiger charge is 2.51. The Morgan fingerprint density at radius 2 is 2.15 bits per heavy atom. The predicted octanol–water partition coefficient (Wildman–Crippen LogP) is 4.68. The lowest BCUT2D eigenvalue weighted by Gasteiger charge is -2.29. The van der Waals surface area contributed by atoms with Crippen LogP contribution in [0.25, 0.3) is 0 Å². The topological polar surface area (TPSA) is 26.3 Å². The SMILES string of the molecule is CCCCCCC(=O)OC12CCC(C1)c1ccccc12. The third-order valence-electron chi connectivity index (χ3n) is 4.91. The summed E-state index contributed by atoms with van der Waals surface area (Å²) in [5.74, 6) is 0.609. The zero-order valence-corrected chi connectivity index (χ0v) is 12.4. The molecule has 2 aliphatic carbocycles. The summed E-state index contributed by atoms with van der Waals surface area (Å²) in [6, 6.07) is 8.52. The van der Waals surface area contributed by atoms with E-state index in [1.54, 1.807) is 0 Å². The fourth-order valence-corrected chi connectivity index (χ4v) is 3.90. The number of rotatable bonds is 6. The Kier molecular flexibility index (Phi) is 3.82. The third-order valence-corrected chi connectivity index (χ3v) is 4.91. The number of unbranched alkanes of at least 4 members (excludes halogenated alkanes) is 3. The first-order valence-corrected chi connectivity index (χ1v) is 8.06. The number of benzene rings is 1. The van der Waals surface area contributed by atoms with Crippen molar-refractivity contribution in [3.8, 4) is 0 Å². The van der Waals surface area contributed by atoms with Gasteiger partial charge in [-0.05, 0) is 42.7 Å². The minimum absolute atomic E-state index is 0.00143. The molecule has 108 valence electrons. The van der Waals surface area contributed by atoms with Crippen molar-refractivity contribution in [1.29, 1.82) is 0 Å². The number of esters is 1. The maximum atomic E-state index is 12.1. The van der Waals surface area contributed by atoms with Gasteiger partial charge in [0.15, 0.2) is 0 Å². The Morgan fingerprint density at radius 1 is 1.30 bits per heavy atom. The number of carbonyl (C=O) groups is 1. The van der Waals surface area contributed by atoms with Crippen molar-refractivity contribution in [2.45, 2.75) is 69.8 Å². The maximum Gasteiger partial charge on any atom is 0.306 e. The van der Waals surface area contributed by atoms with Crippen LogP contribution in [0, 0.1) is 0 Å². The quantitative estimate of drug-likeness (QED) is 0.555. The van der Waals surface area contributed by atoms with Gasteiger partial charge >= 0.3 is 5.97 Å². The lowest BCUT2D eigenvalue weighted by atomic mass is 9.89. The summed E-state index contributed by atoms with van der Waals surface area (Å²) in [5.41, 5.74) is 2.40. The van der Waals surface area contributed by atoms with Gasteiger partial charge < -0.3 is 4.74 Å². The van der Waals surface area contributed by atoms with Gasteiger partial charge in [0.05, 0.1) is 0 Å². The number of carbonyl (C=O) groups excluding carboxylic acids is 1. The molecule has 0 amide bonds. The average molecular weight is 272 g/mol. The summed E-state index contributed by atoms with van der Waals surface area (Å²) in [5, 5.41) is 0. The molecule has 1 fully saturated rings. The van der Waals surface area contributed by atoms with E-state index in [9.17, 15) is 4.79 Å². The summed E-state index contributed by atoms with van der Waals surface area (Å²) >= 11 is 0. The maximum absolute atomic E-state index is 12.1. The molecule has 0 spiro atoms. The first kappa shape index (κ1) is 13.7. The van der Waals surface area contributed by atoms with E-state index in [4.69, 9.17) is 4.74 Å². The molecule has 2 nitrogen and oxygen atoms in total. The Balaban J connectivity index is 1.64. The fraction of sp³-hybridized carbons (Fsp3) is 0.611. The predicted molar refractivity (Wildman–Crippen MR) is 79.6 cm³/mol. The second-order valence-corrected chi connectivity index (χ2v) is 6.31. The van der Waals surface area contributed by atoms with E-state index in [0.717, 1.165) is 25.7 Å². The first-order chi connectivity index (χ1) is 9.75. The number of hydrogen-bond acceptors (Lipinski definition) is 2. The summed E-state index contributed by atoms with van der Waals surface area (Å²) in [7, 11) is 0. The molecule has 0 aliphatic heterocycles. The van der Waals surface area contributed by atoms with Crippen LogP contribution in [0.4, 0.5) is 0 Å². The molecule has 0 saturated heterocycles. The van der Waals surface area contributed by atoms with Crippen molar-refractivity contribution in [2.24, 2.45) is 0 Å². The summed E-state index contributed by atoms with van der Waals surface area (Å²) < 4.78 is 5.96. The van der Waals surface area contributed by atoms with Crippen molar-refractivity contribution >= 4 is 5.97 Å². The molecule has 0 aromatic heterocycles. The monoisotopic (exact) mass is 272 g/mol. The van der Waals surface area contributed by atoms with Crippen LogP contribution in [0.2, 0.25) is 0 Å². The lowest BCUT2D eigenvalue weighted by molar-refractivity contribution is -0.160. The van der Waals surface area contributed by atoms with Crippen LogP contribution in [0.5, 0.6) is 0 Å². The average Bonchev–Trinajstić information content (AvgIpc) is 3.01. The lowest BCUT2D eigenvalue weighted by Crippen LogP contribution is -2.28. The van der Waals surface area contributed by atoms with Crippen molar-refractivity contribution in [1.82, 2.24) is 0 Å². The van der Waals surface area contributed by atoms with Crippen LogP contribution in [0.1, 0.15) is 75.3 Å². The Hall–Kier alpha value is -1.31. The van der Waals surface area contributed by atoms with Gasteiger partial charge in [-0.15, -0.1) is 0 Å². The van der Waals surface area contributed by atoms with Crippen molar-refractivity contribution in [2.75, 3.05) is 0 Å². The van der Waals surface area contributed by atoms with Crippen LogP contribution in [-0.4, -0.2) is 5.97 Å². The molecule has 1 aromatic rings. The Bertz CT molecular complexity index is 494. The highest BCUT2D eigenvalue weighted by atomic mass is 16.6. The van der Waals surface area contributed by atoms with E-state index >= 15 is 0 Å². The summed E-state index contributed by atoms with van der Waals surface area (Å²) in [6.07, 6.45) is 8.28. The van der Waals surface area contributed by atoms with E-state index in [2.05, 4.69) is 31.2 Å². The zero-order valence-electron chi connectivity index (χ0n) is 12.4. The molecular formula is C18H24O2. The van der Waals surface area contributed by atoms with E-state index in [1.165, 1.54) is 30.4 Å². The highest BCUT2D eigenvalue weighted by Crippen LogP contribution is 2.57. The van der Waals surface area contributed by atoms with Crippen LogP contribution in [0.15, 0.2) is 24.3 Å². The van der Waals surface area contributed by atoms with E-state index < -0.39 is 0 Å². The van der Waals surface area contributed by atoms with E-state index in [0.29, 0.717) is 12.3 Å². The fourth-order valence-electron chi connectivity index (χ4n) is 3.90. The second kappa shape index (κ2) is 5.59. The zero-order chi connectivity index (χ0) is 14.0. The second-order valence-electron chi connectivity index (χ2n) is 6.31. The van der Waals surface area contributed by atoms with Gasteiger partial charge in [-0.1, -0.05) is 50.5 Å². The van der Waals surface area contributed by atoms with Gasteiger partial charge in [0.1, 0.15) is 5.60 Å². The smallest absolute Gasteiger partial charge is 0.306 e. The molecule has 20 heavy (non-hydrogen) atoms. The van der Waals surface area contributed by atoms with Gasteiger partial charge in [0.25, 0.3) is 0 Å². The largest absolute Gasteiger partial charge is 0.454 e. The van der Waals surface area contributed by atoms with Crippen LogP contribution < -0.4 is 0 Å². The minimum atomic E-state index is -0.289. The van der Waals surface area contributed by atoms with Crippen LogP contribution in [-0.2, 0) is 15.1 Å². The molecule has 2 heteroatoms. The van der Waals surface area contributed by atoms with E-state index in [1.807, 2.05) is 0 Å². The van der Waals surface area contributed by atoms with Crippen molar-refractivity contribution in [3.63, 3.8) is 0 Å². The van der Waals surface area contributed by atoms with Gasteiger partial charge in [0, 0.05) is 6.42 Å². The number of fused-ring (bicyclic) bond motifs is 5. The normalized spacial score (nSPS) is 26.6.